The molecular formula is C19H17F3N4S3. The van der Waals surface area contributed by atoms with Gasteiger partial charge in [-0.15, -0.1) is 32.9 Å². The number of aromatic nitrogens is 4. The second-order valence-electron chi connectivity index (χ2n) is 7.43. The van der Waals surface area contributed by atoms with Crippen molar-refractivity contribution in [2.45, 2.75) is 36.9 Å². The fourth-order valence-electron chi connectivity index (χ4n) is 2.82. The first-order valence-corrected chi connectivity index (χ1v) is 11.2. The molecule has 4 aromatic heterocycles. The SMILES string of the molecule is Cn1c(SC(C)(C)C)nnc1-c1sc2cc(C(F)(F)F)cnc2c1-c1cccs1. The van der Waals surface area contributed by atoms with Gasteiger partial charge in [0.2, 0.25) is 0 Å². The second-order valence-corrected chi connectivity index (χ2v) is 11.2. The third kappa shape index (κ3) is 3.93. The van der Waals surface area contributed by atoms with E-state index in [-0.39, 0.29) is 4.75 Å². The standard InChI is InChI=1S/C19H17F3N4S3/c1-18(2,3)29-17-25-24-16(26(17)4)15-13(11-6-5-7-27-11)14-12(28-15)8-10(9-23-14)19(20,21)22/h5-9H,1-4H3. The molecule has 0 saturated heterocycles. The van der Waals surface area contributed by atoms with Crippen LogP contribution in [0.25, 0.3) is 31.4 Å². The molecule has 4 aromatic rings. The van der Waals surface area contributed by atoms with Gasteiger partial charge in [-0.05, 0) is 17.5 Å². The molecule has 4 nitrogen and oxygen atoms in total. The number of hydrogen-bond acceptors (Lipinski definition) is 6. The third-order valence-corrected chi connectivity index (χ3v) is 7.22. The Morgan fingerprint density at radius 3 is 2.52 bits per heavy atom. The van der Waals surface area contributed by atoms with Crippen molar-refractivity contribution in [1.29, 1.82) is 0 Å². The lowest BCUT2D eigenvalue weighted by atomic mass is 10.1. The Hall–Kier alpha value is -1.91. The highest BCUT2D eigenvalue weighted by Crippen LogP contribution is 2.46. The minimum atomic E-state index is -4.43. The summed E-state index contributed by atoms with van der Waals surface area (Å²) in [5.41, 5.74) is 0.600. The van der Waals surface area contributed by atoms with Crippen molar-refractivity contribution in [2.24, 2.45) is 7.05 Å². The molecule has 0 N–H and O–H groups in total. The van der Waals surface area contributed by atoms with E-state index in [1.807, 2.05) is 29.1 Å². The minimum absolute atomic E-state index is 0.0437. The Morgan fingerprint density at radius 2 is 1.90 bits per heavy atom. The van der Waals surface area contributed by atoms with Crippen molar-refractivity contribution in [3.8, 4) is 21.1 Å². The Morgan fingerprint density at radius 1 is 1.14 bits per heavy atom. The molecule has 0 amide bonds. The lowest BCUT2D eigenvalue weighted by molar-refractivity contribution is -0.137. The van der Waals surface area contributed by atoms with Crippen LogP contribution in [-0.4, -0.2) is 24.5 Å². The zero-order valence-corrected chi connectivity index (χ0v) is 18.5. The fourth-order valence-corrected chi connectivity index (χ4v) is 5.75. The fraction of sp³-hybridized carbons (Fsp3) is 0.316. The van der Waals surface area contributed by atoms with Crippen LogP contribution in [0.4, 0.5) is 13.2 Å². The summed E-state index contributed by atoms with van der Waals surface area (Å²) in [5, 5.41) is 11.4. The van der Waals surface area contributed by atoms with E-state index in [4.69, 9.17) is 0 Å². The molecule has 0 spiro atoms. The van der Waals surface area contributed by atoms with E-state index in [2.05, 4.69) is 36.0 Å². The molecule has 29 heavy (non-hydrogen) atoms. The van der Waals surface area contributed by atoms with E-state index in [9.17, 15) is 13.2 Å². The monoisotopic (exact) mass is 454 g/mol. The van der Waals surface area contributed by atoms with Gasteiger partial charge in [-0.2, -0.15) is 13.2 Å². The Labute approximate surface area is 177 Å². The molecule has 4 rings (SSSR count). The maximum atomic E-state index is 13.2. The van der Waals surface area contributed by atoms with Gasteiger partial charge in [0.15, 0.2) is 11.0 Å². The van der Waals surface area contributed by atoms with Gasteiger partial charge in [-0.25, -0.2) is 0 Å². The summed E-state index contributed by atoms with van der Waals surface area (Å²) in [7, 11) is 1.88. The topological polar surface area (TPSA) is 43.6 Å². The van der Waals surface area contributed by atoms with Crippen LogP contribution in [0, 0.1) is 0 Å². The number of rotatable bonds is 3. The number of hydrogen-bond donors (Lipinski definition) is 0. The van der Waals surface area contributed by atoms with Gasteiger partial charge < -0.3 is 4.57 Å². The molecule has 0 fully saturated rings. The van der Waals surface area contributed by atoms with Crippen LogP contribution in [-0.2, 0) is 13.2 Å². The molecule has 0 aromatic carbocycles. The molecule has 4 heterocycles. The van der Waals surface area contributed by atoms with Crippen molar-refractivity contribution in [2.75, 3.05) is 0 Å². The van der Waals surface area contributed by atoms with Gasteiger partial charge in [0.1, 0.15) is 0 Å². The summed E-state index contributed by atoms with van der Waals surface area (Å²) in [6.45, 7) is 6.27. The first kappa shape index (κ1) is 20.4. The van der Waals surface area contributed by atoms with E-state index in [1.54, 1.807) is 11.8 Å². The van der Waals surface area contributed by atoms with Crippen molar-refractivity contribution in [3.63, 3.8) is 0 Å². The van der Waals surface area contributed by atoms with Crippen LogP contribution >= 0.6 is 34.4 Å². The summed E-state index contributed by atoms with van der Waals surface area (Å²) in [4.78, 5) is 5.89. The number of nitrogens with zero attached hydrogens (tertiary/aromatic N) is 4. The molecule has 0 aliphatic heterocycles. The van der Waals surface area contributed by atoms with Crippen LogP contribution in [0.5, 0.6) is 0 Å². The number of halogens is 3. The van der Waals surface area contributed by atoms with E-state index in [0.717, 1.165) is 32.7 Å². The number of fused-ring (bicyclic) bond motifs is 1. The van der Waals surface area contributed by atoms with Gasteiger partial charge in [0.25, 0.3) is 0 Å². The van der Waals surface area contributed by atoms with Gasteiger partial charge in [-0.1, -0.05) is 38.6 Å². The maximum absolute atomic E-state index is 13.2. The van der Waals surface area contributed by atoms with Gasteiger partial charge in [0.05, 0.1) is 20.7 Å². The molecule has 0 atom stereocenters. The minimum Gasteiger partial charge on any atom is -0.304 e. The average Bonchev–Trinajstić information content (AvgIpc) is 3.31. The van der Waals surface area contributed by atoms with Crippen molar-refractivity contribution in [3.05, 3.63) is 35.3 Å². The molecule has 0 aliphatic rings. The van der Waals surface area contributed by atoms with E-state index < -0.39 is 11.7 Å². The normalized spacial score (nSPS) is 12.8. The highest BCUT2D eigenvalue weighted by atomic mass is 32.2. The predicted molar refractivity (Wildman–Crippen MR) is 114 cm³/mol. The third-order valence-electron chi connectivity index (χ3n) is 4.06. The number of thioether (sulfide) groups is 1. The largest absolute Gasteiger partial charge is 0.417 e. The molecule has 10 heteroatoms. The molecule has 0 bridgehead atoms. The molecule has 0 aliphatic carbocycles. The van der Waals surface area contributed by atoms with Crippen molar-refractivity contribution < 1.29 is 13.2 Å². The molecule has 152 valence electrons. The summed E-state index contributed by atoms with van der Waals surface area (Å²) in [6, 6.07) is 5.01. The molecular weight excluding hydrogens is 437 g/mol. The van der Waals surface area contributed by atoms with Gasteiger partial charge in [-0.3, -0.25) is 4.98 Å². The van der Waals surface area contributed by atoms with Gasteiger partial charge >= 0.3 is 6.18 Å². The second kappa shape index (κ2) is 7.10. The van der Waals surface area contributed by atoms with Crippen molar-refractivity contribution >= 4 is 44.7 Å². The summed E-state index contributed by atoms with van der Waals surface area (Å²) in [5.74, 6) is 0.622. The zero-order valence-electron chi connectivity index (χ0n) is 16.0. The molecule has 0 saturated carbocycles. The first-order chi connectivity index (χ1) is 13.5. The Kier molecular flexibility index (Phi) is 4.99. The van der Waals surface area contributed by atoms with Crippen LogP contribution < -0.4 is 0 Å². The van der Waals surface area contributed by atoms with E-state index in [1.165, 1.54) is 22.7 Å². The zero-order chi connectivity index (χ0) is 21.0. The lowest BCUT2D eigenvalue weighted by Crippen LogP contribution is -2.09. The summed E-state index contributed by atoms with van der Waals surface area (Å²) < 4.78 is 41.9. The smallest absolute Gasteiger partial charge is 0.304 e. The van der Waals surface area contributed by atoms with Crippen LogP contribution in [0.1, 0.15) is 26.3 Å². The number of thiophene rings is 2. The number of pyridine rings is 1. The quantitative estimate of drug-likeness (QED) is 0.322. The maximum Gasteiger partial charge on any atom is 0.417 e. The summed E-state index contributed by atoms with van der Waals surface area (Å²) >= 11 is 4.37. The molecule has 0 radical (unpaired) electrons. The predicted octanol–water partition coefficient (Wildman–Crippen LogP) is 6.73. The first-order valence-electron chi connectivity index (χ1n) is 8.67. The van der Waals surface area contributed by atoms with Crippen LogP contribution in [0.2, 0.25) is 0 Å². The number of alkyl halides is 3. The highest BCUT2D eigenvalue weighted by molar-refractivity contribution is 8.00. The summed E-state index contributed by atoms with van der Waals surface area (Å²) in [6.07, 6.45) is -3.54. The lowest BCUT2D eigenvalue weighted by Gasteiger charge is -2.16. The van der Waals surface area contributed by atoms with Crippen LogP contribution in [0.15, 0.2) is 34.9 Å². The Bertz CT molecular complexity index is 1170. The van der Waals surface area contributed by atoms with Crippen molar-refractivity contribution in [1.82, 2.24) is 19.7 Å². The highest BCUT2D eigenvalue weighted by Gasteiger charge is 2.32. The van der Waals surface area contributed by atoms with Gasteiger partial charge in [0, 0.05) is 28.4 Å². The Balaban J connectivity index is 1.93. The van der Waals surface area contributed by atoms with E-state index in [0.29, 0.717) is 16.0 Å². The van der Waals surface area contributed by atoms with E-state index >= 15 is 0 Å². The average molecular weight is 455 g/mol. The van der Waals surface area contributed by atoms with Crippen LogP contribution in [0.3, 0.4) is 0 Å². The molecule has 0 unspecified atom stereocenters.